The van der Waals surface area contributed by atoms with Gasteiger partial charge in [0, 0.05) is 74.9 Å². The SMILES string of the molecule is CO[C@H]1CCN(c2nccc(Nc3cc4c([C@@H](C)CO)cnc(N5C[C@H](CS(C)(=O)=O)[C@H]5C)c4cn3)n2)C[C@H]1F. The first-order chi connectivity index (χ1) is 19.1. The zero-order chi connectivity index (χ0) is 28.6. The minimum Gasteiger partial charge on any atom is -0.396 e. The second-order valence-corrected chi connectivity index (χ2v) is 13.1. The number of hydrogen-bond acceptors (Lipinski definition) is 11. The van der Waals surface area contributed by atoms with E-state index >= 15 is 0 Å². The third kappa shape index (κ3) is 5.81. The fourth-order valence-corrected chi connectivity index (χ4v) is 6.67. The normalized spacial score (nSPS) is 24.1. The van der Waals surface area contributed by atoms with Gasteiger partial charge in [0.05, 0.1) is 18.4 Å². The summed E-state index contributed by atoms with van der Waals surface area (Å²) >= 11 is 0. The smallest absolute Gasteiger partial charge is 0.227 e. The Balaban J connectivity index is 1.41. The van der Waals surface area contributed by atoms with Crippen molar-refractivity contribution in [3.8, 4) is 0 Å². The van der Waals surface area contributed by atoms with Crippen molar-refractivity contribution in [1.29, 1.82) is 0 Å². The number of hydrogen-bond donors (Lipinski definition) is 2. The zero-order valence-electron chi connectivity index (χ0n) is 23.2. The Morgan fingerprint density at radius 1 is 1.20 bits per heavy atom. The van der Waals surface area contributed by atoms with Gasteiger partial charge in [0.15, 0.2) is 0 Å². The average Bonchev–Trinajstić information content (AvgIpc) is 2.93. The number of piperidine rings is 1. The molecule has 13 heteroatoms. The topological polar surface area (TPSA) is 134 Å². The van der Waals surface area contributed by atoms with E-state index in [1.165, 1.54) is 13.4 Å². The quantitative estimate of drug-likeness (QED) is 0.391. The summed E-state index contributed by atoms with van der Waals surface area (Å²) in [4.78, 5) is 22.2. The van der Waals surface area contributed by atoms with Crippen LogP contribution in [0.5, 0.6) is 0 Å². The van der Waals surface area contributed by atoms with Crippen LogP contribution >= 0.6 is 0 Å². The van der Waals surface area contributed by atoms with E-state index in [-0.39, 0.29) is 36.8 Å². The standard InChI is InChI=1S/C27H36FN7O4S/c1-16(14-36)20-10-31-26(35-12-18(17(35)2)15-40(4,37)38)21-11-30-25(9-19(20)21)32-24-5-7-29-27(33-24)34-8-6-23(39-3)22(28)13-34/h5,7,9-11,16-18,22-23,36H,6,8,12-15H2,1-4H3,(H,29,30,32,33)/t16-,17+,18+,22+,23-/m0/s1. The van der Waals surface area contributed by atoms with E-state index in [0.29, 0.717) is 37.1 Å². The Labute approximate surface area is 233 Å². The summed E-state index contributed by atoms with van der Waals surface area (Å²) in [5.74, 6) is 2.27. The Bertz CT molecular complexity index is 1480. The summed E-state index contributed by atoms with van der Waals surface area (Å²) in [6.45, 7) is 5.25. The number of nitrogens with one attached hydrogen (secondary N) is 1. The van der Waals surface area contributed by atoms with Gasteiger partial charge in [-0.05, 0) is 36.4 Å². The molecule has 2 fully saturated rings. The lowest BCUT2D eigenvalue weighted by atomic mass is 9.90. The van der Waals surface area contributed by atoms with Crippen molar-refractivity contribution < 1.29 is 22.7 Å². The van der Waals surface area contributed by atoms with Crippen LogP contribution in [-0.2, 0) is 14.6 Å². The molecule has 0 aliphatic carbocycles. The van der Waals surface area contributed by atoms with Gasteiger partial charge in [-0.15, -0.1) is 0 Å². The van der Waals surface area contributed by atoms with Crippen LogP contribution in [0, 0.1) is 5.92 Å². The monoisotopic (exact) mass is 573 g/mol. The maximum Gasteiger partial charge on any atom is 0.227 e. The molecule has 0 radical (unpaired) electrons. The van der Waals surface area contributed by atoms with Crippen LogP contribution in [0.25, 0.3) is 10.8 Å². The van der Waals surface area contributed by atoms with Gasteiger partial charge in [0.1, 0.15) is 33.5 Å². The maximum absolute atomic E-state index is 14.4. The van der Waals surface area contributed by atoms with Gasteiger partial charge in [-0.2, -0.15) is 4.98 Å². The lowest BCUT2D eigenvalue weighted by Gasteiger charge is -2.47. The Morgan fingerprint density at radius 3 is 2.67 bits per heavy atom. The molecule has 216 valence electrons. The number of anilines is 4. The molecular weight excluding hydrogens is 537 g/mol. The van der Waals surface area contributed by atoms with Crippen molar-refractivity contribution in [1.82, 2.24) is 19.9 Å². The highest BCUT2D eigenvalue weighted by molar-refractivity contribution is 7.90. The first-order valence-electron chi connectivity index (χ1n) is 13.4. The van der Waals surface area contributed by atoms with Crippen molar-refractivity contribution in [2.75, 3.05) is 60.5 Å². The predicted octanol–water partition coefficient (Wildman–Crippen LogP) is 2.69. The summed E-state index contributed by atoms with van der Waals surface area (Å²) in [6.07, 6.45) is 5.43. The number of ether oxygens (including phenoxy) is 1. The van der Waals surface area contributed by atoms with Crippen LogP contribution in [0.15, 0.2) is 30.7 Å². The molecule has 0 saturated carbocycles. The van der Waals surface area contributed by atoms with Crippen molar-refractivity contribution in [2.24, 2.45) is 5.92 Å². The molecule has 2 saturated heterocycles. The Morgan fingerprint density at radius 2 is 2.00 bits per heavy atom. The van der Waals surface area contributed by atoms with Crippen LogP contribution in [0.3, 0.4) is 0 Å². The van der Waals surface area contributed by atoms with E-state index in [2.05, 4.69) is 25.2 Å². The molecule has 3 aromatic heterocycles. The van der Waals surface area contributed by atoms with Crippen LogP contribution in [0.1, 0.15) is 31.7 Å². The summed E-state index contributed by atoms with van der Waals surface area (Å²) in [5.41, 5.74) is 0.881. The highest BCUT2D eigenvalue weighted by Crippen LogP contribution is 2.38. The largest absolute Gasteiger partial charge is 0.396 e. The highest BCUT2D eigenvalue weighted by atomic mass is 32.2. The third-order valence-corrected chi connectivity index (χ3v) is 8.98. The number of methoxy groups -OCH3 is 1. The number of rotatable bonds is 9. The second kappa shape index (κ2) is 11.4. The number of aromatic nitrogens is 4. The maximum atomic E-state index is 14.4. The zero-order valence-corrected chi connectivity index (χ0v) is 24.0. The van der Waals surface area contributed by atoms with Crippen LogP contribution in [-0.4, -0.2) is 97.1 Å². The van der Waals surface area contributed by atoms with Crippen LogP contribution in [0.2, 0.25) is 0 Å². The average molecular weight is 574 g/mol. The van der Waals surface area contributed by atoms with Crippen LogP contribution in [0.4, 0.5) is 27.8 Å². The van der Waals surface area contributed by atoms with E-state index in [9.17, 15) is 17.9 Å². The molecule has 0 bridgehead atoms. The third-order valence-electron chi connectivity index (χ3n) is 7.95. The van der Waals surface area contributed by atoms with Crippen LogP contribution < -0.4 is 15.1 Å². The van der Waals surface area contributed by atoms with E-state index in [4.69, 9.17) is 9.72 Å². The molecule has 40 heavy (non-hydrogen) atoms. The molecule has 2 aliphatic heterocycles. The summed E-state index contributed by atoms with van der Waals surface area (Å²) in [5, 5.41) is 14.8. The molecule has 3 aromatic rings. The number of fused-ring (bicyclic) bond motifs is 1. The van der Waals surface area contributed by atoms with Crippen molar-refractivity contribution >= 4 is 44.0 Å². The van der Waals surface area contributed by atoms with E-state index in [0.717, 1.165) is 22.2 Å². The fraction of sp³-hybridized carbons (Fsp3) is 0.556. The van der Waals surface area contributed by atoms with Gasteiger partial charge in [-0.3, -0.25) is 0 Å². The molecule has 11 nitrogen and oxygen atoms in total. The molecule has 5 atom stereocenters. The van der Waals surface area contributed by atoms with Crippen molar-refractivity contribution in [3.05, 3.63) is 36.3 Å². The second-order valence-electron chi connectivity index (χ2n) is 10.9. The molecule has 0 aromatic carbocycles. The number of nitrogens with zero attached hydrogens (tertiary/aromatic N) is 6. The number of halogens is 1. The predicted molar refractivity (Wildman–Crippen MR) is 153 cm³/mol. The molecular formula is C27H36FN7O4S. The van der Waals surface area contributed by atoms with Gasteiger partial charge in [0.2, 0.25) is 5.95 Å². The molecule has 0 amide bonds. The molecule has 5 rings (SSSR count). The lowest BCUT2D eigenvalue weighted by molar-refractivity contribution is 0.0194. The Kier molecular flexibility index (Phi) is 8.07. The first kappa shape index (κ1) is 28.4. The number of sulfone groups is 1. The highest BCUT2D eigenvalue weighted by Gasteiger charge is 2.39. The molecule has 0 unspecified atom stereocenters. The minimum absolute atomic E-state index is 0.0154. The minimum atomic E-state index is -3.07. The number of aliphatic hydroxyl groups excluding tert-OH is 1. The van der Waals surface area contributed by atoms with E-state index in [1.807, 2.05) is 24.8 Å². The number of pyridine rings is 2. The molecule has 2 N–H and O–H groups in total. The number of aliphatic hydroxyl groups is 1. The summed E-state index contributed by atoms with van der Waals surface area (Å²) in [7, 11) is -1.55. The van der Waals surface area contributed by atoms with Gasteiger partial charge >= 0.3 is 0 Å². The van der Waals surface area contributed by atoms with Crippen molar-refractivity contribution in [2.45, 2.75) is 44.5 Å². The van der Waals surface area contributed by atoms with Crippen molar-refractivity contribution in [3.63, 3.8) is 0 Å². The Hall–Kier alpha value is -3.16. The molecule has 0 spiro atoms. The summed E-state index contributed by atoms with van der Waals surface area (Å²) < 4.78 is 43.3. The molecule has 2 aliphatic rings. The van der Waals surface area contributed by atoms with Gasteiger partial charge in [-0.25, -0.2) is 27.8 Å². The van der Waals surface area contributed by atoms with E-state index in [1.54, 1.807) is 24.7 Å². The molecule has 5 heterocycles. The summed E-state index contributed by atoms with van der Waals surface area (Å²) in [6, 6.07) is 3.65. The van der Waals surface area contributed by atoms with Gasteiger partial charge < -0.3 is 25.0 Å². The lowest BCUT2D eigenvalue weighted by Crippen LogP contribution is -2.57. The fourth-order valence-electron chi connectivity index (χ4n) is 5.51. The first-order valence-corrected chi connectivity index (χ1v) is 15.5. The number of alkyl halides is 1. The van der Waals surface area contributed by atoms with Gasteiger partial charge in [-0.1, -0.05) is 6.92 Å². The van der Waals surface area contributed by atoms with Gasteiger partial charge in [0.25, 0.3) is 0 Å². The van der Waals surface area contributed by atoms with E-state index < -0.39 is 22.1 Å².